The van der Waals surface area contributed by atoms with E-state index in [1.54, 1.807) is 32.6 Å². The standard InChI is InChI=1S/C25H28BrN3O4/c1-14-12-25(2,3)29(4)19-11-20(31-5)16(8-18(14)19)13-27-28-24(30)22-9-15-7-17(26)10-21(32-6)23(15)33-22/h7-11,13-14H,12H2,1-6H3,(H,28,30)/b27-13-. The van der Waals surface area contributed by atoms with Crippen molar-refractivity contribution in [2.24, 2.45) is 5.10 Å². The normalized spacial score (nSPS) is 17.3. The van der Waals surface area contributed by atoms with Crippen LogP contribution in [0.15, 0.2) is 44.3 Å². The summed E-state index contributed by atoms with van der Waals surface area (Å²) in [4.78, 5) is 14.9. The van der Waals surface area contributed by atoms with Crippen LogP contribution >= 0.6 is 15.9 Å². The minimum Gasteiger partial charge on any atom is -0.496 e. The van der Waals surface area contributed by atoms with Gasteiger partial charge in [0.15, 0.2) is 17.1 Å². The topological polar surface area (TPSA) is 76.3 Å². The van der Waals surface area contributed by atoms with Crippen LogP contribution in [0.4, 0.5) is 5.69 Å². The summed E-state index contributed by atoms with van der Waals surface area (Å²) < 4.78 is 17.5. The zero-order chi connectivity index (χ0) is 23.9. The molecule has 0 aliphatic carbocycles. The average molecular weight is 514 g/mol. The van der Waals surface area contributed by atoms with Crippen molar-refractivity contribution < 1.29 is 18.7 Å². The van der Waals surface area contributed by atoms with Crippen LogP contribution in [0.3, 0.4) is 0 Å². The molecule has 0 spiro atoms. The fourth-order valence-corrected chi connectivity index (χ4v) is 4.91. The van der Waals surface area contributed by atoms with Crippen molar-refractivity contribution in [2.45, 2.75) is 38.6 Å². The molecule has 0 fully saturated rings. The quantitative estimate of drug-likeness (QED) is 0.349. The zero-order valence-electron chi connectivity index (χ0n) is 19.7. The molecule has 4 rings (SSSR count). The Morgan fingerprint density at radius 2 is 1.94 bits per heavy atom. The zero-order valence-corrected chi connectivity index (χ0v) is 21.2. The average Bonchev–Trinajstić information content (AvgIpc) is 3.20. The number of fused-ring (bicyclic) bond motifs is 2. The number of nitrogens with zero attached hydrogens (tertiary/aromatic N) is 2. The van der Waals surface area contributed by atoms with Gasteiger partial charge in [0.2, 0.25) is 0 Å². The number of carbonyl (C=O) groups is 1. The number of methoxy groups -OCH3 is 2. The third kappa shape index (κ3) is 4.31. The first-order chi connectivity index (χ1) is 15.6. The number of amides is 1. The number of hydrazone groups is 1. The summed E-state index contributed by atoms with van der Waals surface area (Å²) in [5.74, 6) is 1.33. The van der Waals surface area contributed by atoms with Crippen LogP contribution in [0.5, 0.6) is 11.5 Å². The van der Waals surface area contributed by atoms with Crippen molar-refractivity contribution in [1.29, 1.82) is 0 Å². The van der Waals surface area contributed by atoms with Gasteiger partial charge < -0.3 is 18.8 Å². The summed E-state index contributed by atoms with van der Waals surface area (Å²) >= 11 is 3.43. The SMILES string of the molecule is COc1cc2c(cc1/C=N\NC(=O)c1cc3cc(Br)cc(OC)c3o1)C(C)CC(C)(C)N2C. The van der Waals surface area contributed by atoms with Crippen LogP contribution in [0.2, 0.25) is 0 Å². The fraction of sp³-hybridized carbons (Fsp3) is 0.360. The molecule has 7 nitrogen and oxygen atoms in total. The third-order valence-electron chi connectivity index (χ3n) is 6.35. The van der Waals surface area contributed by atoms with Crippen LogP contribution in [0.1, 0.15) is 54.8 Å². The number of anilines is 1. The molecule has 1 N–H and O–H groups in total. The molecule has 2 aromatic carbocycles. The lowest BCUT2D eigenvalue weighted by molar-refractivity contribution is 0.0929. The van der Waals surface area contributed by atoms with Crippen molar-refractivity contribution in [2.75, 3.05) is 26.2 Å². The summed E-state index contributed by atoms with van der Waals surface area (Å²) in [7, 11) is 5.30. The Morgan fingerprint density at radius 1 is 1.21 bits per heavy atom. The van der Waals surface area contributed by atoms with E-state index in [0.29, 0.717) is 23.0 Å². The highest BCUT2D eigenvalue weighted by atomic mass is 79.9. The predicted molar refractivity (Wildman–Crippen MR) is 134 cm³/mol. The van der Waals surface area contributed by atoms with Crippen LogP contribution in [0.25, 0.3) is 11.0 Å². The molecule has 1 aliphatic rings. The number of carbonyl (C=O) groups excluding carboxylic acids is 1. The summed E-state index contributed by atoms with van der Waals surface area (Å²) in [5.41, 5.74) is 6.30. The number of hydrogen-bond acceptors (Lipinski definition) is 6. The predicted octanol–water partition coefficient (Wildman–Crippen LogP) is 5.70. The van der Waals surface area contributed by atoms with E-state index >= 15 is 0 Å². The van der Waals surface area contributed by atoms with Crippen LogP contribution < -0.4 is 19.8 Å². The second-order valence-corrected chi connectivity index (χ2v) is 9.88. The maximum Gasteiger partial charge on any atom is 0.307 e. The molecule has 1 atom stereocenters. The largest absolute Gasteiger partial charge is 0.496 e. The van der Waals surface area contributed by atoms with Gasteiger partial charge in [-0.2, -0.15) is 5.10 Å². The molecule has 8 heteroatoms. The van der Waals surface area contributed by atoms with Crippen molar-refractivity contribution in [3.63, 3.8) is 0 Å². The van der Waals surface area contributed by atoms with Gasteiger partial charge in [0.25, 0.3) is 0 Å². The second kappa shape index (κ2) is 8.74. The molecule has 174 valence electrons. The molecule has 1 aliphatic heterocycles. The smallest absolute Gasteiger partial charge is 0.307 e. The Balaban J connectivity index is 1.58. The Hall–Kier alpha value is -3.00. The molecule has 0 bridgehead atoms. The van der Waals surface area contributed by atoms with Gasteiger partial charge in [-0.05, 0) is 56.0 Å². The number of furan rings is 1. The molecular weight excluding hydrogens is 486 g/mol. The second-order valence-electron chi connectivity index (χ2n) is 8.97. The van der Waals surface area contributed by atoms with Gasteiger partial charge in [-0.3, -0.25) is 4.79 Å². The van der Waals surface area contributed by atoms with Gasteiger partial charge in [0, 0.05) is 39.8 Å². The van der Waals surface area contributed by atoms with E-state index in [1.807, 2.05) is 12.1 Å². The number of hydrogen-bond donors (Lipinski definition) is 1. The number of ether oxygens (including phenoxy) is 2. The first-order valence-corrected chi connectivity index (χ1v) is 11.5. The molecular formula is C25H28BrN3O4. The van der Waals surface area contributed by atoms with E-state index in [2.05, 4.69) is 65.2 Å². The monoisotopic (exact) mass is 513 g/mol. The van der Waals surface area contributed by atoms with Gasteiger partial charge >= 0.3 is 5.91 Å². The number of nitrogens with one attached hydrogen (secondary N) is 1. The first kappa shape index (κ1) is 23.2. The van der Waals surface area contributed by atoms with E-state index in [4.69, 9.17) is 13.9 Å². The summed E-state index contributed by atoms with van der Waals surface area (Å²) in [6.07, 6.45) is 2.64. The lowest BCUT2D eigenvalue weighted by atomic mass is 9.80. The maximum atomic E-state index is 12.6. The summed E-state index contributed by atoms with van der Waals surface area (Å²) in [6.45, 7) is 6.73. The van der Waals surface area contributed by atoms with E-state index in [9.17, 15) is 4.79 Å². The maximum absolute atomic E-state index is 12.6. The highest BCUT2D eigenvalue weighted by Gasteiger charge is 2.34. The van der Waals surface area contributed by atoms with Crippen LogP contribution in [-0.4, -0.2) is 38.9 Å². The Bertz CT molecular complexity index is 1250. The molecule has 0 saturated heterocycles. The summed E-state index contributed by atoms with van der Waals surface area (Å²) in [5, 5.41) is 4.92. The van der Waals surface area contributed by atoms with Crippen molar-refractivity contribution in [1.82, 2.24) is 5.43 Å². The molecule has 3 aromatic rings. The van der Waals surface area contributed by atoms with Crippen molar-refractivity contribution >= 4 is 44.7 Å². The highest BCUT2D eigenvalue weighted by molar-refractivity contribution is 9.10. The number of rotatable bonds is 5. The lowest BCUT2D eigenvalue weighted by Gasteiger charge is -2.45. The molecule has 0 radical (unpaired) electrons. The molecule has 1 amide bonds. The fourth-order valence-electron chi connectivity index (χ4n) is 4.45. The molecule has 2 heterocycles. The van der Waals surface area contributed by atoms with Gasteiger partial charge in [0.05, 0.1) is 20.4 Å². The van der Waals surface area contributed by atoms with Crippen LogP contribution in [-0.2, 0) is 0 Å². The van der Waals surface area contributed by atoms with E-state index < -0.39 is 5.91 Å². The number of halogens is 1. The Morgan fingerprint density at radius 3 is 2.64 bits per heavy atom. The van der Waals surface area contributed by atoms with Gasteiger partial charge in [-0.25, -0.2) is 5.43 Å². The first-order valence-electron chi connectivity index (χ1n) is 10.7. The molecule has 1 aromatic heterocycles. The van der Waals surface area contributed by atoms with Crippen molar-refractivity contribution in [3.8, 4) is 11.5 Å². The minimum atomic E-state index is -0.451. The molecule has 33 heavy (non-hydrogen) atoms. The Kier molecular flexibility index (Phi) is 6.14. The van der Waals surface area contributed by atoms with Gasteiger partial charge in [-0.15, -0.1) is 0 Å². The minimum absolute atomic E-state index is 0.0614. The van der Waals surface area contributed by atoms with E-state index in [1.165, 1.54) is 5.56 Å². The highest BCUT2D eigenvalue weighted by Crippen LogP contribution is 2.44. The van der Waals surface area contributed by atoms with E-state index in [0.717, 1.165) is 27.5 Å². The van der Waals surface area contributed by atoms with Gasteiger partial charge in [0.1, 0.15) is 5.75 Å². The van der Waals surface area contributed by atoms with Crippen molar-refractivity contribution in [3.05, 3.63) is 51.7 Å². The summed E-state index contributed by atoms with van der Waals surface area (Å²) in [6, 6.07) is 9.43. The Labute approximate surface area is 201 Å². The van der Waals surface area contributed by atoms with E-state index in [-0.39, 0.29) is 11.3 Å². The number of benzene rings is 2. The third-order valence-corrected chi connectivity index (χ3v) is 6.80. The van der Waals surface area contributed by atoms with Crippen LogP contribution in [0, 0.1) is 0 Å². The van der Waals surface area contributed by atoms with Gasteiger partial charge in [-0.1, -0.05) is 22.9 Å². The lowest BCUT2D eigenvalue weighted by Crippen LogP contribution is -2.45. The molecule has 1 unspecified atom stereocenters. The molecule has 0 saturated carbocycles.